The lowest BCUT2D eigenvalue weighted by Crippen LogP contribution is -2.56. The van der Waals surface area contributed by atoms with Gasteiger partial charge < -0.3 is 15.0 Å². The third-order valence-corrected chi connectivity index (χ3v) is 3.21. The molecular weight excluding hydrogens is 248 g/mol. The first-order valence-electron chi connectivity index (χ1n) is 6.58. The minimum absolute atomic E-state index is 0.218. The largest absolute Gasteiger partial charge is 0.375 e. The SMILES string of the molecule is CCCc1noc(CN2CCO[C@H](C)[C@H]2C(N)=O)n1. The third kappa shape index (κ3) is 3.30. The van der Waals surface area contributed by atoms with Crippen molar-refractivity contribution in [3.63, 3.8) is 0 Å². The lowest BCUT2D eigenvalue weighted by atomic mass is 10.1. The van der Waals surface area contributed by atoms with Crippen molar-refractivity contribution in [2.45, 2.75) is 45.4 Å². The van der Waals surface area contributed by atoms with E-state index in [1.165, 1.54) is 0 Å². The van der Waals surface area contributed by atoms with E-state index in [1.807, 2.05) is 11.8 Å². The standard InChI is InChI=1S/C12H20N4O3/c1-3-4-9-14-10(19-15-9)7-16-5-6-18-8(2)11(16)12(13)17/h8,11H,3-7H2,1-2H3,(H2,13,17)/t8-,11+/m1/s1. The predicted octanol–water partition coefficient (Wildman–Crippen LogP) is 0.0967. The lowest BCUT2D eigenvalue weighted by molar-refractivity contribution is -0.136. The summed E-state index contributed by atoms with van der Waals surface area (Å²) in [6.45, 7) is 5.53. The van der Waals surface area contributed by atoms with Gasteiger partial charge in [-0.25, -0.2) is 0 Å². The number of nitrogens with two attached hydrogens (primary N) is 1. The fourth-order valence-electron chi connectivity index (χ4n) is 2.32. The molecule has 7 heteroatoms. The monoisotopic (exact) mass is 268 g/mol. The Morgan fingerprint density at radius 3 is 3.05 bits per heavy atom. The van der Waals surface area contributed by atoms with Gasteiger partial charge in [-0.05, 0) is 13.3 Å². The molecule has 1 aliphatic rings. The van der Waals surface area contributed by atoms with Crippen LogP contribution >= 0.6 is 0 Å². The van der Waals surface area contributed by atoms with Crippen LogP contribution in [0.15, 0.2) is 4.52 Å². The lowest BCUT2D eigenvalue weighted by Gasteiger charge is -2.36. The number of aryl methyl sites for hydroxylation is 1. The van der Waals surface area contributed by atoms with E-state index in [0.717, 1.165) is 12.8 Å². The van der Waals surface area contributed by atoms with Crippen molar-refractivity contribution in [3.05, 3.63) is 11.7 Å². The van der Waals surface area contributed by atoms with E-state index >= 15 is 0 Å². The molecule has 0 spiro atoms. The number of amides is 1. The molecule has 19 heavy (non-hydrogen) atoms. The van der Waals surface area contributed by atoms with Crippen LogP contribution in [0.25, 0.3) is 0 Å². The molecule has 0 radical (unpaired) electrons. The molecule has 1 saturated heterocycles. The number of nitrogens with zero attached hydrogens (tertiary/aromatic N) is 3. The number of morpholine rings is 1. The zero-order valence-corrected chi connectivity index (χ0v) is 11.3. The Balaban J connectivity index is 2.04. The summed E-state index contributed by atoms with van der Waals surface area (Å²) in [7, 11) is 0. The fourth-order valence-corrected chi connectivity index (χ4v) is 2.32. The van der Waals surface area contributed by atoms with Gasteiger partial charge in [-0.2, -0.15) is 4.98 Å². The van der Waals surface area contributed by atoms with Crippen molar-refractivity contribution in [1.29, 1.82) is 0 Å². The van der Waals surface area contributed by atoms with Crippen LogP contribution in [0.5, 0.6) is 0 Å². The van der Waals surface area contributed by atoms with E-state index in [0.29, 0.717) is 31.4 Å². The summed E-state index contributed by atoms with van der Waals surface area (Å²) in [4.78, 5) is 17.7. The molecule has 0 bridgehead atoms. The second-order valence-corrected chi connectivity index (χ2v) is 4.75. The molecule has 1 amide bonds. The highest BCUT2D eigenvalue weighted by Crippen LogP contribution is 2.16. The number of aromatic nitrogens is 2. The number of primary amides is 1. The maximum atomic E-state index is 11.5. The second-order valence-electron chi connectivity index (χ2n) is 4.75. The summed E-state index contributed by atoms with van der Waals surface area (Å²) in [5, 5.41) is 3.90. The van der Waals surface area contributed by atoms with Crippen LogP contribution in [0.2, 0.25) is 0 Å². The van der Waals surface area contributed by atoms with E-state index < -0.39 is 6.04 Å². The number of rotatable bonds is 5. The van der Waals surface area contributed by atoms with E-state index in [9.17, 15) is 4.79 Å². The first-order chi connectivity index (χ1) is 9.11. The molecule has 0 saturated carbocycles. The topological polar surface area (TPSA) is 94.5 Å². The highest BCUT2D eigenvalue weighted by atomic mass is 16.5. The van der Waals surface area contributed by atoms with E-state index in [1.54, 1.807) is 0 Å². The molecule has 0 aliphatic carbocycles. The van der Waals surface area contributed by atoms with Crippen molar-refractivity contribution < 1.29 is 14.1 Å². The minimum Gasteiger partial charge on any atom is -0.375 e. The van der Waals surface area contributed by atoms with Gasteiger partial charge in [0.15, 0.2) is 5.82 Å². The zero-order valence-electron chi connectivity index (χ0n) is 11.3. The van der Waals surface area contributed by atoms with Gasteiger partial charge in [0.2, 0.25) is 11.8 Å². The number of carbonyl (C=O) groups excluding carboxylic acids is 1. The van der Waals surface area contributed by atoms with Crippen LogP contribution < -0.4 is 5.73 Å². The molecule has 1 aromatic rings. The number of ether oxygens (including phenoxy) is 1. The molecule has 2 rings (SSSR count). The van der Waals surface area contributed by atoms with Crippen LogP contribution in [0.3, 0.4) is 0 Å². The summed E-state index contributed by atoms with van der Waals surface area (Å²) in [5.74, 6) is 0.832. The number of carbonyl (C=O) groups is 1. The van der Waals surface area contributed by atoms with Gasteiger partial charge in [0, 0.05) is 13.0 Å². The predicted molar refractivity (Wildman–Crippen MR) is 67.1 cm³/mol. The molecule has 106 valence electrons. The molecule has 1 fully saturated rings. The summed E-state index contributed by atoms with van der Waals surface area (Å²) in [5.41, 5.74) is 5.43. The Hall–Kier alpha value is -1.47. The minimum atomic E-state index is -0.449. The van der Waals surface area contributed by atoms with E-state index in [-0.39, 0.29) is 12.0 Å². The second kappa shape index (κ2) is 6.12. The molecule has 0 unspecified atom stereocenters. The maximum Gasteiger partial charge on any atom is 0.240 e. The Kier molecular flexibility index (Phi) is 4.49. The summed E-state index contributed by atoms with van der Waals surface area (Å²) in [6.07, 6.45) is 1.55. The third-order valence-electron chi connectivity index (χ3n) is 3.21. The average molecular weight is 268 g/mol. The Morgan fingerprint density at radius 1 is 1.58 bits per heavy atom. The van der Waals surface area contributed by atoms with Crippen LogP contribution in [-0.4, -0.2) is 46.2 Å². The molecule has 0 aromatic carbocycles. The summed E-state index contributed by atoms with van der Waals surface area (Å²) in [6, 6.07) is -0.449. The van der Waals surface area contributed by atoms with Gasteiger partial charge in [0.05, 0.1) is 19.3 Å². The molecular formula is C12H20N4O3. The molecule has 2 atom stereocenters. The van der Waals surface area contributed by atoms with Crippen LogP contribution in [0.1, 0.15) is 32.0 Å². The van der Waals surface area contributed by atoms with Crippen molar-refractivity contribution in [1.82, 2.24) is 15.0 Å². The molecule has 7 nitrogen and oxygen atoms in total. The van der Waals surface area contributed by atoms with Crippen LogP contribution in [0, 0.1) is 0 Å². The van der Waals surface area contributed by atoms with Gasteiger partial charge in [0.25, 0.3) is 0 Å². The fraction of sp³-hybridized carbons (Fsp3) is 0.750. The van der Waals surface area contributed by atoms with Crippen LogP contribution in [-0.2, 0) is 22.5 Å². The molecule has 2 N–H and O–H groups in total. The average Bonchev–Trinajstić information content (AvgIpc) is 2.76. The number of hydrogen-bond acceptors (Lipinski definition) is 6. The molecule has 1 aromatic heterocycles. The van der Waals surface area contributed by atoms with Gasteiger partial charge >= 0.3 is 0 Å². The highest BCUT2D eigenvalue weighted by Gasteiger charge is 2.34. The Bertz CT molecular complexity index is 434. The van der Waals surface area contributed by atoms with Crippen molar-refractivity contribution >= 4 is 5.91 Å². The highest BCUT2D eigenvalue weighted by molar-refractivity contribution is 5.80. The Morgan fingerprint density at radius 2 is 2.37 bits per heavy atom. The van der Waals surface area contributed by atoms with E-state index in [2.05, 4.69) is 17.1 Å². The first-order valence-corrected chi connectivity index (χ1v) is 6.58. The smallest absolute Gasteiger partial charge is 0.240 e. The zero-order chi connectivity index (χ0) is 13.8. The van der Waals surface area contributed by atoms with Gasteiger partial charge in [-0.3, -0.25) is 9.69 Å². The van der Waals surface area contributed by atoms with Crippen molar-refractivity contribution in [3.8, 4) is 0 Å². The summed E-state index contributed by atoms with van der Waals surface area (Å²) >= 11 is 0. The summed E-state index contributed by atoms with van der Waals surface area (Å²) < 4.78 is 10.6. The van der Waals surface area contributed by atoms with Crippen LogP contribution in [0.4, 0.5) is 0 Å². The molecule has 1 aliphatic heterocycles. The quantitative estimate of drug-likeness (QED) is 0.813. The van der Waals surface area contributed by atoms with Crippen molar-refractivity contribution in [2.24, 2.45) is 5.73 Å². The van der Waals surface area contributed by atoms with Gasteiger partial charge in [-0.15, -0.1) is 0 Å². The normalized spacial score (nSPS) is 24.5. The maximum absolute atomic E-state index is 11.5. The van der Waals surface area contributed by atoms with Gasteiger partial charge in [0.1, 0.15) is 6.04 Å². The van der Waals surface area contributed by atoms with E-state index in [4.69, 9.17) is 15.0 Å². The first kappa shape index (κ1) is 14.0. The number of hydrogen-bond donors (Lipinski definition) is 1. The van der Waals surface area contributed by atoms with Gasteiger partial charge in [-0.1, -0.05) is 12.1 Å². The molecule has 2 heterocycles. The van der Waals surface area contributed by atoms with Crippen molar-refractivity contribution in [2.75, 3.05) is 13.2 Å². The Labute approximate surface area is 112 Å².